The van der Waals surface area contributed by atoms with Crippen molar-refractivity contribution in [2.45, 2.75) is 29.5 Å². The Labute approximate surface area is 210 Å². The molecule has 0 spiro atoms. The molecule has 3 atom stereocenters. The van der Waals surface area contributed by atoms with Gasteiger partial charge in [-0.15, -0.1) is 23.5 Å². The first-order valence-corrected chi connectivity index (χ1v) is 13.1. The maximum Gasteiger partial charge on any atom is 0.352 e. The van der Waals surface area contributed by atoms with Crippen molar-refractivity contribution in [2.24, 2.45) is 0 Å². The van der Waals surface area contributed by atoms with Gasteiger partial charge < -0.3 is 15.5 Å². The first kappa shape index (κ1) is 24.9. The first-order chi connectivity index (χ1) is 16.8. The summed E-state index contributed by atoms with van der Waals surface area (Å²) in [5.74, 6) is -2.46. The average molecular weight is 513 g/mol. The molecule has 182 valence electrons. The molecule has 2 aromatic carbocycles. The number of carboxylic acid groups (broad SMARTS) is 2. The van der Waals surface area contributed by atoms with E-state index >= 15 is 0 Å². The molecular weight excluding hydrogens is 488 g/mol. The van der Waals surface area contributed by atoms with Crippen molar-refractivity contribution in [2.75, 3.05) is 11.5 Å². The molecule has 2 aromatic rings. The van der Waals surface area contributed by atoms with Gasteiger partial charge >= 0.3 is 11.9 Å². The summed E-state index contributed by atoms with van der Waals surface area (Å²) in [7, 11) is 0. The van der Waals surface area contributed by atoms with Crippen LogP contribution in [0.4, 0.5) is 0 Å². The second kappa shape index (κ2) is 11.0. The Hall–Kier alpha value is -3.24. The van der Waals surface area contributed by atoms with E-state index in [-0.39, 0.29) is 23.8 Å². The van der Waals surface area contributed by atoms with Crippen LogP contribution >= 0.6 is 23.5 Å². The standard InChI is InChI=1S/C25H24N2O6S2/c28-19(12-16-9-5-2-6-10-16)26-20-22(29)27-21(25(32)33)17(14-35-23(20)27)13-34-18(24(30)31)11-15-7-3-1-4-8-15/h1-10,18,20,23H,11-14H2,(H,26,28)(H,30,31)(H,32,33)/t18-,20+,23+/m0/s1. The van der Waals surface area contributed by atoms with Gasteiger partial charge in [0.15, 0.2) is 0 Å². The van der Waals surface area contributed by atoms with E-state index in [0.717, 1.165) is 22.9 Å². The van der Waals surface area contributed by atoms with Crippen molar-refractivity contribution in [3.05, 3.63) is 83.1 Å². The fraction of sp³-hybridized carbons (Fsp3) is 0.280. The Balaban J connectivity index is 1.42. The van der Waals surface area contributed by atoms with Gasteiger partial charge in [0, 0.05) is 11.5 Å². The molecule has 2 aliphatic heterocycles. The number of amides is 2. The fourth-order valence-electron chi connectivity index (χ4n) is 4.05. The van der Waals surface area contributed by atoms with E-state index in [9.17, 15) is 29.4 Å². The van der Waals surface area contributed by atoms with Crippen molar-refractivity contribution in [1.82, 2.24) is 10.2 Å². The lowest BCUT2D eigenvalue weighted by molar-refractivity contribution is -0.150. The lowest BCUT2D eigenvalue weighted by atomic mass is 10.0. The predicted molar refractivity (Wildman–Crippen MR) is 134 cm³/mol. The molecule has 0 aliphatic carbocycles. The Morgan fingerprint density at radius 1 is 1.03 bits per heavy atom. The van der Waals surface area contributed by atoms with Crippen LogP contribution in [0.15, 0.2) is 71.9 Å². The van der Waals surface area contributed by atoms with Crippen LogP contribution in [0.25, 0.3) is 0 Å². The molecule has 4 rings (SSSR count). The zero-order valence-corrected chi connectivity index (χ0v) is 20.3. The van der Waals surface area contributed by atoms with Gasteiger partial charge in [-0.25, -0.2) is 4.79 Å². The monoisotopic (exact) mass is 512 g/mol. The average Bonchev–Trinajstić information content (AvgIpc) is 2.85. The molecule has 8 nitrogen and oxygen atoms in total. The minimum atomic E-state index is -1.23. The number of aliphatic carboxylic acids is 2. The number of carbonyl (C=O) groups excluding carboxylic acids is 2. The number of benzene rings is 2. The number of hydrogen-bond donors (Lipinski definition) is 3. The van der Waals surface area contributed by atoms with E-state index in [2.05, 4.69) is 5.32 Å². The Kier molecular flexibility index (Phi) is 7.82. The molecule has 2 aliphatic rings. The molecule has 0 saturated carbocycles. The fourth-order valence-corrected chi connectivity index (χ4v) is 6.62. The number of nitrogens with zero attached hydrogens (tertiary/aromatic N) is 1. The third-order valence-corrected chi connectivity index (χ3v) is 8.40. The molecule has 0 radical (unpaired) electrons. The Morgan fingerprint density at radius 3 is 2.26 bits per heavy atom. The van der Waals surface area contributed by atoms with Crippen molar-refractivity contribution in [3.8, 4) is 0 Å². The van der Waals surface area contributed by atoms with Gasteiger partial charge in [-0.05, 0) is 23.1 Å². The maximum atomic E-state index is 12.8. The summed E-state index contributed by atoms with van der Waals surface area (Å²) in [5.41, 5.74) is 2.10. The summed E-state index contributed by atoms with van der Waals surface area (Å²) in [6.07, 6.45) is 0.438. The number of hydrogen-bond acceptors (Lipinski definition) is 6. The summed E-state index contributed by atoms with van der Waals surface area (Å²) in [4.78, 5) is 50.3. The van der Waals surface area contributed by atoms with Gasteiger partial charge in [0.2, 0.25) is 5.91 Å². The highest BCUT2D eigenvalue weighted by atomic mass is 32.2. The quantitative estimate of drug-likeness (QED) is 0.415. The normalized spacial score (nSPS) is 20.0. The number of nitrogens with one attached hydrogen (secondary N) is 1. The third kappa shape index (κ3) is 5.71. The third-order valence-electron chi connectivity index (χ3n) is 5.77. The molecule has 1 fully saturated rings. The number of rotatable bonds is 10. The van der Waals surface area contributed by atoms with Gasteiger partial charge in [-0.2, -0.15) is 0 Å². The highest BCUT2D eigenvalue weighted by molar-refractivity contribution is 8.01. The summed E-state index contributed by atoms with van der Waals surface area (Å²) >= 11 is 2.53. The summed E-state index contributed by atoms with van der Waals surface area (Å²) in [6, 6.07) is 17.6. The van der Waals surface area contributed by atoms with Crippen LogP contribution in [-0.2, 0) is 32.0 Å². The van der Waals surface area contributed by atoms with Gasteiger partial charge in [-0.1, -0.05) is 60.7 Å². The maximum absolute atomic E-state index is 12.8. The Morgan fingerprint density at radius 2 is 1.66 bits per heavy atom. The number of carboxylic acids is 2. The van der Waals surface area contributed by atoms with Crippen molar-refractivity contribution < 1.29 is 29.4 Å². The van der Waals surface area contributed by atoms with E-state index in [0.29, 0.717) is 17.7 Å². The smallest absolute Gasteiger partial charge is 0.352 e. The van der Waals surface area contributed by atoms with E-state index < -0.39 is 34.5 Å². The van der Waals surface area contributed by atoms with Crippen LogP contribution in [0.1, 0.15) is 11.1 Å². The van der Waals surface area contributed by atoms with E-state index in [1.807, 2.05) is 60.7 Å². The second-order valence-corrected chi connectivity index (χ2v) is 10.5. The number of carbonyl (C=O) groups is 4. The Bertz CT molecular complexity index is 1160. The highest BCUT2D eigenvalue weighted by Crippen LogP contribution is 2.41. The van der Waals surface area contributed by atoms with Crippen molar-refractivity contribution in [3.63, 3.8) is 0 Å². The molecule has 35 heavy (non-hydrogen) atoms. The van der Waals surface area contributed by atoms with Crippen LogP contribution in [0.2, 0.25) is 0 Å². The van der Waals surface area contributed by atoms with Crippen molar-refractivity contribution in [1.29, 1.82) is 0 Å². The minimum absolute atomic E-state index is 0.108. The SMILES string of the molecule is O=C(Cc1ccccc1)N[C@@H]1C(=O)N2C(C(=O)O)=C(CS[C@@H](Cc3ccccc3)C(=O)O)CS[C@H]12. The van der Waals surface area contributed by atoms with Gasteiger partial charge in [0.05, 0.1) is 6.42 Å². The van der Waals surface area contributed by atoms with Crippen LogP contribution in [0.5, 0.6) is 0 Å². The highest BCUT2D eigenvalue weighted by Gasteiger charge is 2.54. The number of thioether (sulfide) groups is 2. The lowest BCUT2D eigenvalue weighted by Gasteiger charge is -2.49. The van der Waals surface area contributed by atoms with Crippen LogP contribution < -0.4 is 5.32 Å². The van der Waals surface area contributed by atoms with Crippen molar-refractivity contribution >= 4 is 47.3 Å². The van der Waals surface area contributed by atoms with Crippen LogP contribution in [0, 0.1) is 0 Å². The molecule has 3 N–H and O–H groups in total. The summed E-state index contributed by atoms with van der Waals surface area (Å²) < 4.78 is 0. The zero-order valence-electron chi connectivity index (χ0n) is 18.6. The molecule has 2 heterocycles. The van der Waals surface area contributed by atoms with E-state index in [1.165, 1.54) is 16.7 Å². The molecule has 0 bridgehead atoms. The summed E-state index contributed by atoms with van der Waals surface area (Å²) in [5, 5.41) is 21.0. The number of β-lactam (4-membered cyclic amide) rings is 1. The van der Waals surface area contributed by atoms with Crippen LogP contribution in [-0.4, -0.2) is 67.0 Å². The first-order valence-electron chi connectivity index (χ1n) is 11.0. The molecule has 10 heteroatoms. The zero-order chi connectivity index (χ0) is 24.9. The van der Waals surface area contributed by atoms with Gasteiger partial charge in [-0.3, -0.25) is 19.3 Å². The summed E-state index contributed by atoms with van der Waals surface area (Å²) in [6.45, 7) is 0. The minimum Gasteiger partial charge on any atom is -0.480 e. The lowest BCUT2D eigenvalue weighted by Crippen LogP contribution is -2.70. The topological polar surface area (TPSA) is 124 Å². The van der Waals surface area contributed by atoms with E-state index in [4.69, 9.17) is 0 Å². The van der Waals surface area contributed by atoms with Crippen LogP contribution in [0.3, 0.4) is 0 Å². The largest absolute Gasteiger partial charge is 0.480 e. The molecule has 2 amide bonds. The molecule has 1 saturated heterocycles. The molecular formula is C25H24N2O6S2. The second-order valence-electron chi connectivity index (χ2n) is 8.20. The number of fused-ring (bicyclic) bond motifs is 1. The van der Waals surface area contributed by atoms with E-state index in [1.54, 1.807) is 0 Å². The van der Waals surface area contributed by atoms with Gasteiger partial charge in [0.1, 0.15) is 22.4 Å². The van der Waals surface area contributed by atoms with Gasteiger partial charge in [0.25, 0.3) is 5.91 Å². The molecule has 0 aromatic heterocycles. The molecule has 0 unspecified atom stereocenters. The predicted octanol–water partition coefficient (Wildman–Crippen LogP) is 2.40.